The van der Waals surface area contributed by atoms with Gasteiger partial charge in [0, 0.05) is 38.0 Å². The topological polar surface area (TPSA) is 52.6 Å². The van der Waals surface area contributed by atoms with Crippen LogP contribution in [-0.4, -0.2) is 37.1 Å². The van der Waals surface area contributed by atoms with Crippen LogP contribution in [0, 0.1) is 0 Å². The fourth-order valence-electron chi connectivity index (χ4n) is 3.70. The van der Waals surface area contributed by atoms with Crippen molar-refractivity contribution in [3.05, 3.63) is 69.5 Å². The maximum absolute atomic E-state index is 4.78. The highest BCUT2D eigenvalue weighted by atomic mass is 32.1. The number of aliphatic imine (C=N–C) groups is 1. The van der Waals surface area contributed by atoms with Crippen molar-refractivity contribution in [3.8, 4) is 0 Å². The molecule has 2 N–H and O–H groups in total. The predicted octanol–water partition coefficient (Wildman–Crippen LogP) is 4.32. The minimum Gasteiger partial charge on any atom is -0.363 e. The van der Waals surface area contributed by atoms with Gasteiger partial charge in [0.15, 0.2) is 5.96 Å². The summed E-state index contributed by atoms with van der Waals surface area (Å²) in [5.41, 5.74) is 2.45. The molecule has 5 nitrogen and oxygen atoms in total. The monoisotopic (exact) mass is 439 g/mol. The summed E-state index contributed by atoms with van der Waals surface area (Å²) in [5, 5.41) is 13.9. The van der Waals surface area contributed by atoms with E-state index in [2.05, 4.69) is 73.8 Å². The van der Waals surface area contributed by atoms with Crippen LogP contribution in [0.15, 0.2) is 58.2 Å². The Morgan fingerprint density at radius 1 is 1.10 bits per heavy atom. The molecule has 2 aromatic heterocycles. The summed E-state index contributed by atoms with van der Waals surface area (Å²) in [5.74, 6) is 0.864. The van der Waals surface area contributed by atoms with Gasteiger partial charge in [-0.3, -0.25) is 4.99 Å². The van der Waals surface area contributed by atoms with Crippen LogP contribution >= 0.6 is 22.7 Å². The van der Waals surface area contributed by atoms with Gasteiger partial charge in [-0.15, -0.1) is 22.7 Å². The summed E-state index contributed by atoms with van der Waals surface area (Å²) < 4.78 is 0. The molecule has 0 unspecified atom stereocenters. The highest BCUT2D eigenvalue weighted by molar-refractivity contribution is 7.14. The second kappa shape index (κ2) is 10.6. The summed E-state index contributed by atoms with van der Waals surface area (Å²) in [4.78, 5) is 11.7. The summed E-state index contributed by atoms with van der Waals surface area (Å²) in [6.45, 7) is 2.88. The molecule has 1 aliphatic rings. The van der Waals surface area contributed by atoms with Crippen molar-refractivity contribution in [2.75, 3.05) is 25.0 Å². The van der Waals surface area contributed by atoms with E-state index in [1.54, 1.807) is 11.3 Å². The standard InChI is InChI=1S/C23H29N5S2/c1-24-23(27-19-11-13-28(14-12-19)22-8-5-15-29-22)25-16-20-17-30-21(26-20)10-9-18-6-3-2-4-7-18/h2-8,15,17,19H,9-14,16H2,1H3,(H2,24,25,27). The van der Waals surface area contributed by atoms with Crippen LogP contribution < -0.4 is 15.5 Å². The Labute approximate surface area is 186 Å². The van der Waals surface area contributed by atoms with Crippen molar-refractivity contribution in [3.63, 3.8) is 0 Å². The molecule has 0 atom stereocenters. The number of piperidine rings is 1. The number of thiazole rings is 1. The molecule has 0 saturated carbocycles. The van der Waals surface area contributed by atoms with Crippen LogP contribution in [0.5, 0.6) is 0 Å². The number of aryl methyl sites for hydroxylation is 2. The largest absolute Gasteiger partial charge is 0.363 e. The lowest BCUT2D eigenvalue weighted by molar-refractivity contribution is 0.462. The highest BCUT2D eigenvalue weighted by Crippen LogP contribution is 2.24. The van der Waals surface area contributed by atoms with Gasteiger partial charge in [-0.1, -0.05) is 30.3 Å². The third kappa shape index (κ3) is 5.83. The molecule has 158 valence electrons. The third-order valence-corrected chi connectivity index (χ3v) is 7.27. The Bertz CT molecular complexity index is 912. The minimum atomic E-state index is 0.462. The molecule has 0 amide bonds. The van der Waals surface area contributed by atoms with Gasteiger partial charge in [0.1, 0.15) is 0 Å². The van der Waals surface area contributed by atoms with Crippen LogP contribution in [0.4, 0.5) is 5.00 Å². The zero-order chi connectivity index (χ0) is 20.6. The van der Waals surface area contributed by atoms with Crippen LogP contribution in [0.1, 0.15) is 29.1 Å². The fourth-order valence-corrected chi connectivity index (χ4v) is 5.28. The molecule has 0 radical (unpaired) electrons. The summed E-state index contributed by atoms with van der Waals surface area (Å²) in [6, 6.07) is 15.4. The predicted molar refractivity (Wildman–Crippen MR) is 129 cm³/mol. The molecular formula is C23H29N5S2. The normalized spacial score (nSPS) is 15.4. The number of nitrogens with zero attached hydrogens (tertiary/aromatic N) is 3. The number of hydrogen-bond donors (Lipinski definition) is 2. The van der Waals surface area contributed by atoms with E-state index in [1.807, 2.05) is 18.4 Å². The second-order valence-electron chi connectivity index (χ2n) is 7.50. The zero-order valence-corrected chi connectivity index (χ0v) is 19.0. The molecule has 4 rings (SSSR count). The number of guanidine groups is 1. The first-order valence-corrected chi connectivity index (χ1v) is 12.3. The molecule has 3 heterocycles. The number of aromatic nitrogens is 1. The molecule has 30 heavy (non-hydrogen) atoms. The Balaban J connectivity index is 1.20. The first-order valence-electron chi connectivity index (χ1n) is 10.5. The van der Waals surface area contributed by atoms with Gasteiger partial charge in [0.2, 0.25) is 0 Å². The van der Waals surface area contributed by atoms with Crippen molar-refractivity contribution >= 4 is 33.6 Å². The summed E-state index contributed by atoms with van der Waals surface area (Å²) >= 11 is 3.57. The van der Waals surface area contributed by atoms with E-state index in [9.17, 15) is 0 Å². The van der Waals surface area contributed by atoms with Gasteiger partial charge in [-0.05, 0) is 42.3 Å². The molecule has 0 bridgehead atoms. The summed E-state index contributed by atoms with van der Waals surface area (Å²) in [7, 11) is 1.84. The van der Waals surface area contributed by atoms with E-state index >= 15 is 0 Å². The van der Waals surface area contributed by atoms with Crippen molar-refractivity contribution in [1.29, 1.82) is 0 Å². The van der Waals surface area contributed by atoms with Crippen LogP contribution in [0.3, 0.4) is 0 Å². The van der Waals surface area contributed by atoms with Gasteiger partial charge in [-0.25, -0.2) is 4.98 Å². The van der Waals surface area contributed by atoms with Crippen molar-refractivity contribution < 1.29 is 0 Å². The van der Waals surface area contributed by atoms with Gasteiger partial charge in [0.25, 0.3) is 0 Å². The lowest BCUT2D eigenvalue weighted by Gasteiger charge is -2.33. The van der Waals surface area contributed by atoms with E-state index in [-0.39, 0.29) is 0 Å². The lowest BCUT2D eigenvalue weighted by atomic mass is 10.1. The van der Waals surface area contributed by atoms with Crippen molar-refractivity contribution in [2.45, 2.75) is 38.3 Å². The van der Waals surface area contributed by atoms with Gasteiger partial charge >= 0.3 is 0 Å². The Hall–Kier alpha value is -2.38. The molecule has 3 aromatic rings. The number of hydrogen-bond acceptors (Lipinski definition) is 5. The van der Waals surface area contributed by atoms with Crippen molar-refractivity contribution in [2.24, 2.45) is 4.99 Å². The van der Waals surface area contributed by atoms with Gasteiger partial charge < -0.3 is 15.5 Å². The van der Waals surface area contributed by atoms with E-state index in [0.717, 1.165) is 50.4 Å². The Kier molecular flexibility index (Phi) is 7.37. The van der Waals surface area contributed by atoms with Gasteiger partial charge in [0.05, 0.1) is 22.2 Å². The fraction of sp³-hybridized carbons (Fsp3) is 0.391. The first-order chi connectivity index (χ1) is 14.8. The van der Waals surface area contributed by atoms with Gasteiger partial charge in [-0.2, -0.15) is 0 Å². The van der Waals surface area contributed by atoms with Crippen LogP contribution in [-0.2, 0) is 19.4 Å². The highest BCUT2D eigenvalue weighted by Gasteiger charge is 2.20. The van der Waals surface area contributed by atoms with E-state index in [4.69, 9.17) is 4.98 Å². The molecule has 1 aromatic carbocycles. The Morgan fingerprint density at radius 3 is 2.67 bits per heavy atom. The number of anilines is 1. The number of rotatable bonds is 7. The minimum absolute atomic E-state index is 0.462. The Morgan fingerprint density at radius 2 is 1.93 bits per heavy atom. The third-order valence-electron chi connectivity index (χ3n) is 5.38. The molecule has 0 spiro atoms. The molecule has 1 fully saturated rings. The maximum Gasteiger partial charge on any atom is 0.191 e. The van der Waals surface area contributed by atoms with E-state index in [0.29, 0.717) is 12.6 Å². The van der Waals surface area contributed by atoms with Crippen LogP contribution in [0.2, 0.25) is 0 Å². The molecular weight excluding hydrogens is 410 g/mol. The van der Waals surface area contributed by atoms with E-state index in [1.165, 1.54) is 15.6 Å². The zero-order valence-electron chi connectivity index (χ0n) is 17.4. The SMILES string of the molecule is CN=C(NCc1csc(CCc2ccccc2)n1)NC1CCN(c2cccs2)CC1. The molecule has 7 heteroatoms. The average molecular weight is 440 g/mol. The van der Waals surface area contributed by atoms with Crippen molar-refractivity contribution in [1.82, 2.24) is 15.6 Å². The number of nitrogens with one attached hydrogen (secondary N) is 2. The first kappa shape index (κ1) is 20.9. The summed E-state index contributed by atoms with van der Waals surface area (Å²) in [6.07, 6.45) is 4.27. The smallest absolute Gasteiger partial charge is 0.191 e. The van der Waals surface area contributed by atoms with Crippen LogP contribution in [0.25, 0.3) is 0 Å². The maximum atomic E-state index is 4.78. The number of thiophene rings is 1. The molecule has 1 saturated heterocycles. The molecule has 0 aliphatic carbocycles. The quantitative estimate of drug-likeness (QED) is 0.425. The number of benzene rings is 1. The second-order valence-corrected chi connectivity index (χ2v) is 9.37. The lowest BCUT2D eigenvalue weighted by Crippen LogP contribution is -2.48. The van der Waals surface area contributed by atoms with E-state index < -0.39 is 0 Å². The average Bonchev–Trinajstić information content (AvgIpc) is 3.49. The molecule has 1 aliphatic heterocycles.